The third kappa shape index (κ3) is 37.2. The third-order valence-electron chi connectivity index (χ3n) is 9.78. The molecule has 0 radical (unpaired) electrons. The molecule has 6 nitrogen and oxygen atoms in total. The number of carbonyl (C=O) groups excluding carboxylic acids is 2. The molecule has 1 amide bonds. The minimum Gasteiger partial charge on any atom is -0.480 e. The van der Waals surface area contributed by atoms with Gasteiger partial charge < -0.3 is 15.2 Å². The Hall–Kier alpha value is -1.59. The lowest BCUT2D eigenvalue weighted by atomic mass is 10.0. The highest BCUT2D eigenvalue weighted by molar-refractivity contribution is 5.80. The van der Waals surface area contributed by atoms with Crippen molar-refractivity contribution in [2.75, 3.05) is 6.54 Å². The summed E-state index contributed by atoms with van der Waals surface area (Å²) < 4.78 is 6.03. The average molecular weight is 680 g/mol. The highest BCUT2D eigenvalue weighted by Gasteiger charge is 2.14. The molecule has 2 N–H and O–H groups in total. The number of ether oxygens (including phenoxy) is 1. The molecular formula is C42H81NO5. The molecule has 6 heteroatoms. The average Bonchev–Trinajstić information content (AvgIpc) is 3.07. The number of carbonyl (C=O) groups is 3. The van der Waals surface area contributed by atoms with Crippen molar-refractivity contribution < 1.29 is 24.2 Å². The predicted molar refractivity (Wildman–Crippen MR) is 203 cm³/mol. The number of esters is 1. The molecule has 1 unspecified atom stereocenters. The lowest BCUT2D eigenvalue weighted by Gasteiger charge is -2.18. The standard InChI is InChI=1S/C42H81NO5/c1-3-5-7-9-11-13-15-17-18-20-22-24-29-33-37-42(47)48-39(34-30-26-23-21-19-16-14-12-10-8-6-4-2)35-31-27-25-28-32-36-40(44)43-38-41(45)46/h39H,3-38H2,1-2H3,(H,43,44)(H,45,46). The lowest BCUT2D eigenvalue weighted by molar-refractivity contribution is -0.150. The van der Waals surface area contributed by atoms with E-state index in [1.165, 1.54) is 148 Å². The first kappa shape index (κ1) is 46.4. The van der Waals surface area contributed by atoms with Gasteiger partial charge in [-0.3, -0.25) is 14.4 Å². The van der Waals surface area contributed by atoms with Crippen LogP contribution in [0.4, 0.5) is 0 Å². The number of aliphatic carboxylic acids is 1. The number of carboxylic acid groups (broad SMARTS) is 1. The normalized spacial score (nSPS) is 11.9. The summed E-state index contributed by atoms with van der Waals surface area (Å²) in [5.74, 6) is -1.21. The molecule has 0 bridgehead atoms. The fourth-order valence-corrected chi connectivity index (χ4v) is 6.63. The van der Waals surface area contributed by atoms with Crippen LogP contribution in [-0.4, -0.2) is 35.6 Å². The fourth-order valence-electron chi connectivity index (χ4n) is 6.63. The largest absolute Gasteiger partial charge is 0.480 e. The first-order valence-corrected chi connectivity index (χ1v) is 21.2. The van der Waals surface area contributed by atoms with E-state index in [9.17, 15) is 14.4 Å². The fraction of sp³-hybridized carbons (Fsp3) is 0.929. The van der Waals surface area contributed by atoms with E-state index in [2.05, 4.69) is 19.2 Å². The van der Waals surface area contributed by atoms with Crippen LogP contribution in [0.5, 0.6) is 0 Å². The summed E-state index contributed by atoms with van der Waals surface area (Å²) in [5, 5.41) is 11.1. The van der Waals surface area contributed by atoms with Gasteiger partial charge in [-0.1, -0.05) is 187 Å². The molecule has 0 rings (SSSR count). The molecule has 48 heavy (non-hydrogen) atoms. The molecule has 1 atom stereocenters. The quantitative estimate of drug-likeness (QED) is 0.0498. The van der Waals surface area contributed by atoms with Crippen LogP contribution in [-0.2, 0) is 19.1 Å². The van der Waals surface area contributed by atoms with Crippen molar-refractivity contribution in [3.63, 3.8) is 0 Å². The zero-order valence-electron chi connectivity index (χ0n) is 32.1. The molecule has 0 heterocycles. The second-order valence-electron chi connectivity index (χ2n) is 14.6. The zero-order chi connectivity index (χ0) is 35.2. The van der Waals surface area contributed by atoms with Gasteiger partial charge in [-0.2, -0.15) is 0 Å². The van der Waals surface area contributed by atoms with Gasteiger partial charge in [-0.05, 0) is 38.5 Å². The highest BCUT2D eigenvalue weighted by atomic mass is 16.5. The summed E-state index contributed by atoms with van der Waals surface area (Å²) in [7, 11) is 0. The highest BCUT2D eigenvalue weighted by Crippen LogP contribution is 2.19. The van der Waals surface area contributed by atoms with Gasteiger partial charge in [0, 0.05) is 12.8 Å². The number of amides is 1. The summed E-state index contributed by atoms with van der Waals surface area (Å²) in [6.07, 6.45) is 42.2. The van der Waals surface area contributed by atoms with Gasteiger partial charge in [-0.15, -0.1) is 0 Å². The van der Waals surface area contributed by atoms with E-state index >= 15 is 0 Å². The lowest BCUT2D eigenvalue weighted by Crippen LogP contribution is -2.28. The van der Waals surface area contributed by atoms with Crippen molar-refractivity contribution in [3.05, 3.63) is 0 Å². The molecule has 0 fully saturated rings. The molecule has 0 aliphatic carbocycles. The minimum atomic E-state index is -1.01. The van der Waals surface area contributed by atoms with Gasteiger partial charge >= 0.3 is 11.9 Å². The van der Waals surface area contributed by atoms with Crippen molar-refractivity contribution in [2.45, 2.75) is 245 Å². The number of carboxylic acids is 1. The number of hydrogen-bond donors (Lipinski definition) is 2. The van der Waals surface area contributed by atoms with Gasteiger partial charge in [0.05, 0.1) is 0 Å². The first-order valence-electron chi connectivity index (χ1n) is 21.2. The smallest absolute Gasteiger partial charge is 0.322 e. The molecule has 0 aromatic carbocycles. The van der Waals surface area contributed by atoms with Crippen LogP contribution in [0.25, 0.3) is 0 Å². The molecular weight excluding hydrogens is 598 g/mol. The van der Waals surface area contributed by atoms with Crippen LogP contribution >= 0.6 is 0 Å². The van der Waals surface area contributed by atoms with Crippen LogP contribution in [0.3, 0.4) is 0 Å². The molecule has 284 valence electrons. The number of unbranched alkanes of at least 4 members (excludes halogenated alkanes) is 28. The third-order valence-corrected chi connectivity index (χ3v) is 9.78. The molecule has 0 saturated heterocycles. The van der Waals surface area contributed by atoms with Gasteiger partial charge in [-0.25, -0.2) is 0 Å². The molecule has 0 aliphatic heterocycles. The Morgan fingerprint density at radius 2 is 0.771 bits per heavy atom. The number of nitrogens with one attached hydrogen (secondary N) is 1. The maximum atomic E-state index is 12.7. The van der Waals surface area contributed by atoms with Gasteiger partial charge in [0.25, 0.3) is 0 Å². The van der Waals surface area contributed by atoms with E-state index in [-0.39, 0.29) is 24.5 Å². The van der Waals surface area contributed by atoms with E-state index in [4.69, 9.17) is 9.84 Å². The van der Waals surface area contributed by atoms with E-state index in [1.54, 1.807) is 0 Å². The summed E-state index contributed by atoms with van der Waals surface area (Å²) in [6.45, 7) is 4.24. The van der Waals surface area contributed by atoms with Crippen molar-refractivity contribution in [2.24, 2.45) is 0 Å². The van der Waals surface area contributed by atoms with E-state index in [1.807, 2.05) is 0 Å². The molecule has 0 aromatic rings. The van der Waals surface area contributed by atoms with Crippen LogP contribution in [0.15, 0.2) is 0 Å². The molecule has 0 saturated carbocycles. The molecule has 0 spiro atoms. The maximum Gasteiger partial charge on any atom is 0.322 e. The topological polar surface area (TPSA) is 92.7 Å². The van der Waals surface area contributed by atoms with Crippen molar-refractivity contribution >= 4 is 17.8 Å². The Morgan fingerprint density at radius 3 is 1.12 bits per heavy atom. The van der Waals surface area contributed by atoms with Crippen molar-refractivity contribution in [1.29, 1.82) is 0 Å². The number of rotatable bonds is 39. The van der Waals surface area contributed by atoms with Crippen LogP contribution < -0.4 is 5.32 Å². The Morgan fingerprint density at radius 1 is 0.458 bits per heavy atom. The zero-order valence-corrected chi connectivity index (χ0v) is 32.1. The van der Waals surface area contributed by atoms with Gasteiger partial charge in [0.15, 0.2) is 0 Å². The molecule has 0 aromatic heterocycles. The van der Waals surface area contributed by atoms with Gasteiger partial charge in [0.1, 0.15) is 12.6 Å². The Kier molecular flexibility index (Phi) is 36.9. The van der Waals surface area contributed by atoms with E-state index < -0.39 is 5.97 Å². The monoisotopic (exact) mass is 680 g/mol. The summed E-state index contributed by atoms with van der Waals surface area (Å²) in [6, 6.07) is 0. The van der Waals surface area contributed by atoms with Crippen LogP contribution in [0.2, 0.25) is 0 Å². The Labute approximate surface area is 298 Å². The first-order chi connectivity index (χ1) is 23.5. The van der Waals surface area contributed by atoms with Crippen molar-refractivity contribution in [1.82, 2.24) is 5.32 Å². The summed E-state index contributed by atoms with van der Waals surface area (Å²) >= 11 is 0. The van der Waals surface area contributed by atoms with Crippen LogP contribution in [0, 0.1) is 0 Å². The maximum absolute atomic E-state index is 12.7. The second-order valence-corrected chi connectivity index (χ2v) is 14.6. The van der Waals surface area contributed by atoms with Crippen molar-refractivity contribution in [3.8, 4) is 0 Å². The van der Waals surface area contributed by atoms with Crippen LogP contribution in [0.1, 0.15) is 239 Å². The minimum absolute atomic E-state index is 0.00903. The Bertz CT molecular complexity index is 712. The predicted octanol–water partition coefficient (Wildman–Crippen LogP) is 12.8. The second kappa shape index (κ2) is 38.2. The summed E-state index contributed by atoms with van der Waals surface area (Å²) in [5.41, 5.74) is 0. The van der Waals surface area contributed by atoms with E-state index in [0.717, 1.165) is 64.2 Å². The van der Waals surface area contributed by atoms with E-state index in [0.29, 0.717) is 12.8 Å². The SMILES string of the molecule is CCCCCCCCCCCCCCCCC(=O)OC(CCCCCCCCCCCCCC)CCCCCCCC(=O)NCC(=O)O. The number of hydrogen-bond acceptors (Lipinski definition) is 4. The molecule has 0 aliphatic rings. The summed E-state index contributed by atoms with van der Waals surface area (Å²) in [4.78, 5) is 35.0. The Balaban J connectivity index is 4.11. The van der Waals surface area contributed by atoms with Gasteiger partial charge in [0.2, 0.25) is 5.91 Å².